The maximum Gasteiger partial charge on any atom is 0.272 e. The van der Waals surface area contributed by atoms with Crippen molar-refractivity contribution in [1.29, 1.82) is 0 Å². The minimum Gasteiger partial charge on any atom is -0.325 e. The van der Waals surface area contributed by atoms with Crippen LogP contribution in [0.1, 0.15) is 22.8 Å². The third-order valence-electron chi connectivity index (χ3n) is 5.94. The van der Waals surface area contributed by atoms with Crippen molar-refractivity contribution < 1.29 is 19.3 Å². The molecule has 4 rings (SSSR count). The molecule has 0 aromatic heterocycles. The molecule has 12 heteroatoms. The molecule has 43 heavy (non-hydrogen) atoms. The zero-order valence-corrected chi connectivity index (χ0v) is 24.9. The summed E-state index contributed by atoms with van der Waals surface area (Å²) in [4.78, 5) is 50.1. The summed E-state index contributed by atoms with van der Waals surface area (Å²) < 4.78 is 0. The SMILES string of the molecule is CC(Sc1cccc(NC(=O)/C(=C\c2c(Cl)cccc2Cl)NC(=O)c2ccccc2)c1)C(=O)Nc1ccc([N+](=O)[O-])cc1. The molecule has 9 nitrogen and oxygen atoms in total. The molecule has 0 saturated heterocycles. The summed E-state index contributed by atoms with van der Waals surface area (Å²) >= 11 is 13.9. The number of halogens is 2. The number of nitro benzene ring substituents is 1. The zero-order chi connectivity index (χ0) is 30.9. The molecular weight excluding hydrogens is 611 g/mol. The van der Waals surface area contributed by atoms with Crippen LogP contribution in [0.25, 0.3) is 6.08 Å². The van der Waals surface area contributed by atoms with Crippen molar-refractivity contribution >= 4 is 75.8 Å². The molecule has 0 radical (unpaired) electrons. The van der Waals surface area contributed by atoms with Gasteiger partial charge >= 0.3 is 0 Å². The Labute approximate surface area is 261 Å². The maximum atomic E-state index is 13.4. The third kappa shape index (κ3) is 8.68. The fourth-order valence-corrected chi connectivity index (χ4v) is 5.18. The van der Waals surface area contributed by atoms with Crippen LogP contribution in [0.5, 0.6) is 0 Å². The first-order valence-electron chi connectivity index (χ1n) is 12.8. The fraction of sp³-hybridized carbons (Fsp3) is 0.0645. The van der Waals surface area contributed by atoms with Gasteiger partial charge in [0, 0.05) is 49.6 Å². The molecule has 0 spiro atoms. The smallest absolute Gasteiger partial charge is 0.272 e. The number of carbonyl (C=O) groups is 3. The summed E-state index contributed by atoms with van der Waals surface area (Å²) in [6.07, 6.45) is 1.41. The molecule has 3 amide bonds. The predicted octanol–water partition coefficient (Wildman–Crippen LogP) is 7.43. The van der Waals surface area contributed by atoms with Crippen molar-refractivity contribution in [2.45, 2.75) is 17.1 Å². The first-order valence-corrected chi connectivity index (χ1v) is 14.4. The first kappa shape index (κ1) is 31.3. The average molecular weight is 636 g/mol. The van der Waals surface area contributed by atoms with Crippen LogP contribution < -0.4 is 16.0 Å². The molecule has 1 unspecified atom stereocenters. The third-order valence-corrected chi connectivity index (χ3v) is 7.69. The van der Waals surface area contributed by atoms with Crippen LogP contribution in [0.4, 0.5) is 17.1 Å². The number of hydrogen-bond donors (Lipinski definition) is 3. The van der Waals surface area contributed by atoms with Gasteiger partial charge in [-0.3, -0.25) is 24.5 Å². The van der Waals surface area contributed by atoms with E-state index in [2.05, 4.69) is 16.0 Å². The van der Waals surface area contributed by atoms with E-state index in [9.17, 15) is 24.5 Å². The van der Waals surface area contributed by atoms with Gasteiger partial charge in [-0.2, -0.15) is 0 Å². The lowest BCUT2D eigenvalue weighted by atomic mass is 10.1. The second-order valence-electron chi connectivity index (χ2n) is 9.05. The topological polar surface area (TPSA) is 130 Å². The van der Waals surface area contributed by atoms with E-state index in [1.54, 1.807) is 79.7 Å². The van der Waals surface area contributed by atoms with Gasteiger partial charge in [0.2, 0.25) is 5.91 Å². The number of nitrogens with zero attached hydrogens (tertiary/aromatic N) is 1. The van der Waals surface area contributed by atoms with E-state index >= 15 is 0 Å². The molecule has 0 heterocycles. The second-order valence-corrected chi connectivity index (χ2v) is 11.3. The summed E-state index contributed by atoms with van der Waals surface area (Å²) in [6.45, 7) is 1.71. The summed E-state index contributed by atoms with van der Waals surface area (Å²) in [5, 5.41) is 19.1. The molecule has 3 N–H and O–H groups in total. The molecule has 0 aliphatic rings. The van der Waals surface area contributed by atoms with E-state index in [0.29, 0.717) is 37.4 Å². The van der Waals surface area contributed by atoms with Gasteiger partial charge in [0.05, 0.1) is 10.2 Å². The molecule has 0 fully saturated rings. The Morgan fingerprint density at radius 1 is 0.837 bits per heavy atom. The minimum absolute atomic E-state index is 0.0770. The Bertz CT molecular complexity index is 1680. The quantitative estimate of drug-likeness (QED) is 0.0719. The van der Waals surface area contributed by atoms with Crippen molar-refractivity contribution in [3.63, 3.8) is 0 Å². The maximum absolute atomic E-state index is 13.4. The Hall–Kier alpha value is -4.64. The molecule has 4 aromatic carbocycles. The van der Waals surface area contributed by atoms with Gasteiger partial charge in [-0.1, -0.05) is 53.5 Å². The van der Waals surface area contributed by atoms with Crippen LogP contribution in [0.3, 0.4) is 0 Å². The summed E-state index contributed by atoms with van der Waals surface area (Å²) in [6, 6.07) is 25.7. The summed E-state index contributed by atoms with van der Waals surface area (Å²) in [7, 11) is 0. The Balaban J connectivity index is 1.49. The van der Waals surface area contributed by atoms with Crippen molar-refractivity contribution in [3.8, 4) is 0 Å². The van der Waals surface area contributed by atoms with E-state index in [4.69, 9.17) is 23.2 Å². The number of thioether (sulfide) groups is 1. The van der Waals surface area contributed by atoms with E-state index in [1.165, 1.54) is 42.1 Å². The standard InChI is InChI=1S/C31H24Cl2N4O5S/c1-19(29(38)34-21-13-15-23(16-14-21)37(41)42)43-24-10-5-9-22(17-24)35-31(40)28(18-25-26(32)11-6-12-27(25)33)36-30(39)20-7-3-2-4-8-20/h2-19H,1H3,(H,34,38)(H,35,40)(H,36,39)/b28-18+. The minimum atomic E-state index is -0.619. The lowest BCUT2D eigenvalue weighted by Crippen LogP contribution is -2.30. The van der Waals surface area contributed by atoms with Crippen LogP contribution in [-0.4, -0.2) is 27.9 Å². The highest BCUT2D eigenvalue weighted by atomic mass is 35.5. The van der Waals surface area contributed by atoms with Crippen LogP contribution in [0.2, 0.25) is 10.0 Å². The van der Waals surface area contributed by atoms with Gasteiger partial charge in [0.15, 0.2) is 0 Å². The summed E-state index contributed by atoms with van der Waals surface area (Å²) in [5.41, 5.74) is 1.40. The van der Waals surface area contributed by atoms with Gasteiger partial charge in [-0.05, 0) is 67.6 Å². The molecule has 1 atom stereocenters. The number of rotatable bonds is 10. The molecule has 0 bridgehead atoms. The van der Waals surface area contributed by atoms with Crippen molar-refractivity contribution in [1.82, 2.24) is 5.32 Å². The number of carbonyl (C=O) groups excluding carboxylic acids is 3. The molecule has 0 aliphatic heterocycles. The highest BCUT2D eigenvalue weighted by molar-refractivity contribution is 8.00. The number of nitrogens with one attached hydrogen (secondary N) is 3. The van der Waals surface area contributed by atoms with Crippen LogP contribution >= 0.6 is 35.0 Å². The molecule has 4 aromatic rings. The lowest BCUT2D eigenvalue weighted by molar-refractivity contribution is -0.384. The highest BCUT2D eigenvalue weighted by Gasteiger charge is 2.19. The van der Waals surface area contributed by atoms with Crippen LogP contribution in [0.15, 0.2) is 108 Å². The van der Waals surface area contributed by atoms with E-state index < -0.39 is 22.0 Å². The molecule has 0 saturated carbocycles. The largest absolute Gasteiger partial charge is 0.325 e. The predicted molar refractivity (Wildman–Crippen MR) is 170 cm³/mol. The number of hydrogen-bond acceptors (Lipinski definition) is 6. The van der Waals surface area contributed by atoms with Crippen molar-refractivity contribution in [2.75, 3.05) is 10.6 Å². The Morgan fingerprint density at radius 3 is 2.14 bits per heavy atom. The number of non-ortho nitro benzene ring substituents is 1. The second kappa shape index (κ2) is 14.5. The van der Waals surface area contributed by atoms with Gasteiger partial charge in [0.25, 0.3) is 17.5 Å². The van der Waals surface area contributed by atoms with E-state index in [-0.39, 0.29) is 17.3 Å². The molecular formula is C31H24Cl2N4O5S. The molecule has 0 aliphatic carbocycles. The van der Waals surface area contributed by atoms with Crippen LogP contribution in [0, 0.1) is 10.1 Å². The van der Waals surface area contributed by atoms with Gasteiger partial charge < -0.3 is 16.0 Å². The van der Waals surface area contributed by atoms with E-state index in [1.807, 2.05) is 0 Å². The van der Waals surface area contributed by atoms with Crippen molar-refractivity contribution in [2.24, 2.45) is 0 Å². The fourth-order valence-electron chi connectivity index (χ4n) is 3.75. The van der Waals surface area contributed by atoms with Crippen molar-refractivity contribution in [3.05, 3.63) is 134 Å². The molecule has 218 valence electrons. The van der Waals surface area contributed by atoms with Gasteiger partial charge in [-0.15, -0.1) is 11.8 Å². The van der Waals surface area contributed by atoms with E-state index in [0.717, 1.165) is 0 Å². The Morgan fingerprint density at radius 2 is 1.49 bits per heavy atom. The zero-order valence-electron chi connectivity index (χ0n) is 22.5. The normalized spacial score (nSPS) is 11.7. The van der Waals surface area contributed by atoms with Gasteiger partial charge in [0.1, 0.15) is 5.70 Å². The van der Waals surface area contributed by atoms with Crippen LogP contribution in [-0.2, 0) is 9.59 Å². The Kier molecular flexibility index (Phi) is 10.6. The first-order chi connectivity index (χ1) is 20.6. The number of benzene rings is 4. The lowest BCUT2D eigenvalue weighted by Gasteiger charge is -2.14. The number of amides is 3. The number of anilines is 2. The highest BCUT2D eigenvalue weighted by Crippen LogP contribution is 2.29. The number of nitro groups is 1. The van der Waals surface area contributed by atoms with Gasteiger partial charge in [-0.25, -0.2) is 0 Å². The average Bonchev–Trinajstić information content (AvgIpc) is 2.99. The summed E-state index contributed by atoms with van der Waals surface area (Å²) in [5.74, 6) is -1.42. The monoisotopic (exact) mass is 634 g/mol.